The summed E-state index contributed by atoms with van der Waals surface area (Å²) in [5, 5.41) is 13.8. The van der Waals surface area contributed by atoms with E-state index < -0.39 is 18.1 Å². The number of rotatable bonds is 9. The van der Waals surface area contributed by atoms with Gasteiger partial charge in [-0.15, -0.1) is 0 Å². The molecule has 2 amide bonds. The van der Waals surface area contributed by atoms with Crippen molar-refractivity contribution in [3.05, 3.63) is 59.7 Å². The van der Waals surface area contributed by atoms with E-state index in [4.69, 9.17) is 9.84 Å². The molecule has 1 aliphatic rings. The molecule has 0 spiro atoms. The first-order valence-electron chi connectivity index (χ1n) is 10.1. The van der Waals surface area contributed by atoms with Gasteiger partial charge >= 0.3 is 12.1 Å². The van der Waals surface area contributed by atoms with Crippen molar-refractivity contribution in [1.29, 1.82) is 0 Å². The van der Waals surface area contributed by atoms with E-state index >= 15 is 0 Å². The summed E-state index contributed by atoms with van der Waals surface area (Å²) >= 11 is 0. The second-order valence-corrected chi connectivity index (χ2v) is 7.33. The van der Waals surface area contributed by atoms with Gasteiger partial charge in [-0.1, -0.05) is 48.5 Å². The number of fused-ring (bicyclic) bond motifs is 3. The Morgan fingerprint density at radius 1 is 1.00 bits per heavy atom. The third kappa shape index (κ3) is 5.17. The number of unbranched alkanes of at least 4 members (excludes halogenated alkanes) is 1. The molecule has 0 bridgehead atoms. The highest BCUT2D eigenvalue weighted by atomic mass is 16.5. The van der Waals surface area contributed by atoms with Crippen LogP contribution in [-0.4, -0.2) is 42.3 Å². The molecule has 0 heterocycles. The van der Waals surface area contributed by atoms with E-state index in [0.29, 0.717) is 19.4 Å². The van der Waals surface area contributed by atoms with Crippen molar-refractivity contribution in [2.45, 2.75) is 38.1 Å². The van der Waals surface area contributed by atoms with Crippen LogP contribution >= 0.6 is 0 Å². The Hall–Kier alpha value is -3.35. The lowest BCUT2D eigenvalue weighted by Gasteiger charge is -2.17. The molecule has 158 valence electrons. The van der Waals surface area contributed by atoms with Crippen LogP contribution in [0.1, 0.15) is 43.2 Å². The third-order valence-corrected chi connectivity index (χ3v) is 5.19. The summed E-state index contributed by atoms with van der Waals surface area (Å²) in [5.41, 5.74) is 4.55. The first-order chi connectivity index (χ1) is 14.5. The maximum Gasteiger partial charge on any atom is 0.407 e. The largest absolute Gasteiger partial charge is 0.481 e. The Kier molecular flexibility index (Phi) is 7.06. The average molecular weight is 410 g/mol. The fourth-order valence-corrected chi connectivity index (χ4v) is 3.65. The van der Waals surface area contributed by atoms with E-state index in [1.165, 1.54) is 0 Å². The summed E-state index contributed by atoms with van der Waals surface area (Å²) in [6.07, 6.45) is 0.480. The van der Waals surface area contributed by atoms with E-state index in [0.717, 1.165) is 22.3 Å². The van der Waals surface area contributed by atoms with Crippen LogP contribution in [0.3, 0.4) is 0 Å². The zero-order valence-electron chi connectivity index (χ0n) is 16.9. The van der Waals surface area contributed by atoms with E-state index in [1.807, 2.05) is 36.4 Å². The highest BCUT2D eigenvalue weighted by Gasteiger charge is 2.29. The Morgan fingerprint density at radius 3 is 2.20 bits per heavy atom. The molecule has 3 N–H and O–H groups in total. The lowest BCUT2D eigenvalue weighted by atomic mass is 9.98. The van der Waals surface area contributed by atoms with Crippen LogP contribution < -0.4 is 10.6 Å². The number of nitrogens with one attached hydrogen (secondary N) is 2. The van der Waals surface area contributed by atoms with Crippen molar-refractivity contribution in [1.82, 2.24) is 10.6 Å². The molecule has 0 fully saturated rings. The Bertz CT molecular complexity index is 882. The lowest BCUT2D eigenvalue weighted by Crippen LogP contribution is -2.45. The van der Waals surface area contributed by atoms with Crippen molar-refractivity contribution in [3.8, 4) is 11.1 Å². The van der Waals surface area contributed by atoms with Crippen LogP contribution in [0.25, 0.3) is 11.1 Å². The third-order valence-electron chi connectivity index (χ3n) is 5.19. The minimum atomic E-state index is -0.855. The molecule has 30 heavy (non-hydrogen) atoms. The SMILES string of the molecule is C[C@H](NC(=O)OCC1c2ccccc2-c2ccccc21)C(=O)NCCCCC(=O)O. The number of alkyl carbamates (subject to hydrolysis) is 1. The zero-order chi connectivity index (χ0) is 21.5. The molecule has 1 atom stereocenters. The van der Waals surface area contributed by atoms with Gasteiger partial charge < -0.3 is 20.5 Å². The first-order valence-corrected chi connectivity index (χ1v) is 10.1. The number of hydrogen-bond donors (Lipinski definition) is 3. The predicted octanol–water partition coefficient (Wildman–Crippen LogP) is 3.28. The fourth-order valence-electron chi connectivity index (χ4n) is 3.65. The molecule has 0 unspecified atom stereocenters. The van der Waals surface area contributed by atoms with Gasteiger partial charge in [-0.3, -0.25) is 9.59 Å². The van der Waals surface area contributed by atoms with Gasteiger partial charge in [0.15, 0.2) is 0 Å². The number of aliphatic carboxylic acids is 1. The number of carbonyl (C=O) groups is 3. The van der Waals surface area contributed by atoms with Gasteiger partial charge in [0.05, 0.1) is 0 Å². The molecular weight excluding hydrogens is 384 g/mol. The number of carboxylic acid groups (broad SMARTS) is 1. The molecule has 2 aromatic carbocycles. The van der Waals surface area contributed by atoms with Gasteiger partial charge in [-0.2, -0.15) is 0 Å². The van der Waals surface area contributed by atoms with Gasteiger partial charge in [-0.25, -0.2) is 4.79 Å². The van der Waals surface area contributed by atoms with Crippen LogP contribution in [0.2, 0.25) is 0 Å². The highest BCUT2D eigenvalue weighted by molar-refractivity contribution is 5.85. The average Bonchev–Trinajstić information content (AvgIpc) is 3.05. The van der Waals surface area contributed by atoms with Gasteiger partial charge in [0.2, 0.25) is 5.91 Å². The van der Waals surface area contributed by atoms with Gasteiger partial charge in [0.1, 0.15) is 12.6 Å². The van der Waals surface area contributed by atoms with Gasteiger partial charge in [0, 0.05) is 18.9 Å². The van der Waals surface area contributed by atoms with E-state index in [-0.39, 0.29) is 24.9 Å². The summed E-state index contributed by atoms with van der Waals surface area (Å²) in [5.74, 6) is -1.23. The van der Waals surface area contributed by atoms with Crippen LogP contribution in [-0.2, 0) is 14.3 Å². The van der Waals surface area contributed by atoms with Crippen molar-refractivity contribution < 1.29 is 24.2 Å². The number of carboxylic acids is 1. The molecule has 0 aromatic heterocycles. The smallest absolute Gasteiger partial charge is 0.407 e. The van der Waals surface area contributed by atoms with Crippen LogP contribution in [0, 0.1) is 0 Å². The molecule has 0 radical (unpaired) electrons. The monoisotopic (exact) mass is 410 g/mol. The van der Waals surface area contributed by atoms with E-state index in [2.05, 4.69) is 22.8 Å². The van der Waals surface area contributed by atoms with Gasteiger partial charge in [0.25, 0.3) is 0 Å². The van der Waals surface area contributed by atoms with Crippen molar-refractivity contribution >= 4 is 18.0 Å². The second kappa shape index (κ2) is 9.91. The number of carbonyl (C=O) groups excluding carboxylic acids is 2. The molecular formula is C23H26N2O5. The quantitative estimate of drug-likeness (QED) is 0.550. The van der Waals surface area contributed by atoms with Crippen molar-refractivity contribution in [2.75, 3.05) is 13.2 Å². The number of amides is 2. The summed E-state index contributed by atoms with van der Waals surface area (Å²) in [6, 6.07) is 15.4. The van der Waals surface area contributed by atoms with Gasteiger partial charge in [-0.05, 0) is 42.0 Å². The maximum atomic E-state index is 12.2. The number of benzene rings is 2. The second-order valence-electron chi connectivity index (χ2n) is 7.33. The topological polar surface area (TPSA) is 105 Å². The predicted molar refractivity (Wildman–Crippen MR) is 112 cm³/mol. The molecule has 2 aromatic rings. The van der Waals surface area contributed by atoms with Crippen LogP contribution in [0.4, 0.5) is 4.79 Å². The Morgan fingerprint density at radius 2 is 1.60 bits per heavy atom. The fraction of sp³-hybridized carbons (Fsp3) is 0.348. The summed E-state index contributed by atoms with van der Waals surface area (Å²) in [7, 11) is 0. The standard InChI is InChI=1S/C23H26N2O5/c1-15(22(28)24-13-7-6-12-21(26)27)25-23(29)30-14-20-18-10-4-2-8-16(18)17-9-3-5-11-19(17)20/h2-5,8-11,15,20H,6-7,12-14H2,1H3,(H,24,28)(H,25,29)(H,26,27)/t15-/m0/s1. The first kappa shape index (κ1) is 21.4. The minimum Gasteiger partial charge on any atom is -0.481 e. The van der Waals surface area contributed by atoms with Crippen molar-refractivity contribution in [2.24, 2.45) is 0 Å². The summed E-state index contributed by atoms with van der Waals surface area (Å²) in [6.45, 7) is 2.13. The molecule has 3 rings (SSSR count). The number of hydrogen-bond acceptors (Lipinski definition) is 4. The normalized spacial score (nSPS) is 13.1. The summed E-state index contributed by atoms with van der Waals surface area (Å²) < 4.78 is 5.43. The van der Waals surface area contributed by atoms with Crippen LogP contribution in [0.5, 0.6) is 0 Å². The zero-order valence-corrected chi connectivity index (χ0v) is 16.9. The minimum absolute atomic E-state index is 0.0403. The molecule has 7 heteroatoms. The van der Waals surface area contributed by atoms with E-state index in [9.17, 15) is 14.4 Å². The molecule has 0 aliphatic heterocycles. The Balaban J connectivity index is 1.48. The molecule has 0 saturated carbocycles. The van der Waals surface area contributed by atoms with Crippen molar-refractivity contribution in [3.63, 3.8) is 0 Å². The van der Waals surface area contributed by atoms with Crippen LogP contribution in [0.15, 0.2) is 48.5 Å². The maximum absolute atomic E-state index is 12.2. The van der Waals surface area contributed by atoms with E-state index in [1.54, 1.807) is 6.92 Å². The number of ether oxygens (including phenoxy) is 1. The summed E-state index contributed by atoms with van der Waals surface area (Å²) in [4.78, 5) is 34.7. The molecule has 7 nitrogen and oxygen atoms in total. The highest BCUT2D eigenvalue weighted by Crippen LogP contribution is 2.44. The lowest BCUT2D eigenvalue weighted by molar-refractivity contribution is -0.137. The molecule has 1 aliphatic carbocycles. The molecule has 0 saturated heterocycles. The Labute approximate surface area is 175 Å².